The third-order valence-corrected chi connectivity index (χ3v) is 3.90. The predicted molar refractivity (Wildman–Crippen MR) is 91.4 cm³/mol. The third kappa shape index (κ3) is 4.76. The summed E-state index contributed by atoms with van der Waals surface area (Å²) in [6.07, 6.45) is 4.11. The fourth-order valence-electron chi connectivity index (χ4n) is 2.63. The lowest BCUT2D eigenvalue weighted by atomic mass is 10.2. The standard InChI is InChI=1S/C18H22N4O2/c23-17(14-24-13-15-6-2-1-3-7-15)20-12-16-8-9-19-18(21-16)22-10-4-5-11-22/h1-3,6-9H,4-5,10-14H2,(H,20,23). The summed E-state index contributed by atoms with van der Waals surface area (Å²) in [5, 5.41) is 2.83. The van der Waals surface area contributed by atoms with Gasteiger partial charge in [-0.05, 0) is 24.5 Å². The van der Waals surface area contributed by atoms with Crippen LogP contribution in [0.15, 0.2) is 42.6 Å². The topological polar surface area (TPSA) is 67.3 Å². The van der Waals surface area contributed by atoms with Gasteiger partial charge in [-0.15, -0.1) is 0 Å². The first-order valence-corrected chi connectivity index (χ1v) is 8.26. The van der Waals surface area contributed by atoms with Crippen molar-refractivity contribution in [2.75, 3.05) is 24.6 Å². The highest BCUT2D eigenvalue weighted by molar-refractivity contribution is 5.77. The zero-order valence-corrected chi connectivity index (χ0v) is 13.6. The SMILES string of the molecule is O=C(COCc1ccccc1)NCc1ccnc(N2CCCC2)n1. The molecule has 2 aromatic rings. The van der Waals surface area contributed by atoms with Crippen molar-refractivity contribution in [3.05, 3.63) is 53.9 Å². The van der Waals surface area contributed by atoms with Crippen molar-refractivity contribution in [1.29, 1.82) is 0 Å². The summed E-state index contributed by atoms with van der Waals surface area (Å²) >= 11 is 0. The van der Waals surface area contributed by atoms with Crippen LogP contribution in [0.1, 0.15) is 24.1 Å². The molecule has 0 aliphatic carbocycles. The van der Waals surface area contributed by atoms with E-state index in [-0.39, 0.29) is 12.5 Å². The Hall–Kier alpha value is -2.47. The van der Waals surface area contributed by atoms with E-state index >= 15 is 0 Å². The molecular formula is C18H22N4O2. The summed E-state index contributed by atoms with van der Waals surface area (Å²) in [6.45, 7) is 2.86. The van der Waals surface area contributed by atoms with Crippen molar-refractivity contribution in [1.82, 2.24) is 15.3 Å². The van der Waals surface area contributed by atoms with Crippen LogP contribution in [-0.2, 0) is 22.7 Å². The molecular weight excluding hydrogens is 304 g/mol. The first kappa shape index (κ1) is 16.4. The van der Waals surface area contributed by atoms with Crippen LogP contribution in [0.3, 0.4) is 0 Å². The maximum atomic E-state index is 11.9. The van der Waals surface area contributed by atoms with E-state index in [1.165, 1.54) is 12.8 Å². The molecule has 0 saturated carbocycles. The molecule has 1 aromatic heterocycles. The van der Waals surface area contributed by atoms with Crippen LogP contribution in [0, 0.1) is 0 Å². The summed E-state index contributed by atoms with van der Waals surface area (Å²) in [4.78, 5) is 22.9. The molecule has 1 aliphatic heterocycles. The Morgan fingerprint density at radius 1 is 1.17 bits per heavy atom. The highest BCUT2D eigenvalue weighted by Crippen LogP contribution is 2.15. The van der Waals surface area contributed by atoms with E-state index in [1.807, 2.05) is 36.4 Å². The summed E-state index contributed by atoms with van der Waals surface area (Å²) < 4.78 is 5.42. The van der Waals surface area contributed by atoms with E-state index < -0.39 is 0 Å². The fourth-order valence-corrected chi connectivity index (χ4v) is 2.63. The molecule has 1 N–H and O–H groups in total. The van der Waals surface area contributed by atoms with Crippen molar-refractivity contribution in [2.45, 2.75) is 26.0 Å². The molecule has 0 bridgehead atoms. The van der Waals surface area contributed by atoms with Crippen molar-refractivity contribution < 1.29 is 9.53 Å². The van der Waals surface area contributed by atoms with E-state index in [0.717, 1.165) is 30.3 Å². The quantitative estimate of drug-likeness (QED) is 0.842. The molecule has 0 spiro atoms. The van der Waals surface area contributed by atoms with Gasteiger partial charge in [0.05, 0.1) is 18.8 Å². The molecule has 6 nitrogen and oxygen atoms in total. The number of benzene rings is 1. The maximum Gasteiger partial charge on any atom is 0.246 e. The van der Waals surface area contributed by atoms with E-state index in [0.29, 0.717) is 13.2 Å². The van der Waals surface area contributed by atoms with Gasteiger partial charge in [-0.1, -0.05) is 30.3 Å². The molecule has 0 radical (unpaired) electrons. The number of rotatable bonds is 7. The number of hydrogen-bond donors (Lipinski definition) is 1. The molecule has 6 heteroatoms. The molecule has 126 valence electrons. The van der Waals surface area contributed by atoms with Gasteiger partial charge >= 0.3 is 0 Å². The van der Waals surface area contributed by atoms with Crippen LogP contribution in [0.5, 0.6) is 0 Å². The van der Waals surface area contributed by atoms with Gasteiger partial charge in [0.15, 0.2) is 0 Å². The molecule has 1 saturated heterocycles. The molecule has 1 aromatic carbocycles. The normalized spacial score (nSPS) is 13.9. The van der Waals surface area contributed by atoms with E-state index in [4.69, 9.17) is 4.74 Å². The number of carbonyl (C=O) groups excluding carboxylic acids is 1. The van der Waals surface area contributed by atoms with Crippen LogP contribution in [0.25, 0.3) is 0 Å². The number of nitrogens with zero attached hydrogens (tertiary/aromatic N) is 3. The number of ether oxygens (including phenoxy) is 1. The largest absolute Gasteiger partial charge is 0.367 e. The van der Waals surface area contributed by atoms with Crippen molar-refractivity contribution in [3.8, 4) is 0 Å². The molecule has 0 unspecified atom stereocenters. The van der Waals surface area contributed by atoms with Gasteiger partial charge < -0.3 is 15.0 Å². The molecule has 1 fully saturated rings. The van der Waals surface area contributed by atoms with Crippen LogP contribution >= 0.6 is 0 Å². The van der Waals surface area contributed by atoms with Crippen molar-refractivity contribution in [2.24, 2.45) is 0 Å². The van der Waals surface area contributed by atoms with Crippen LogP contribution < -0.4 is 10.2 Å². The van der Waals surface area contributed by atoms with Gasteiger partial charge in [0.2, 0.25) is 11.9 Å². The van der Waals surface area contributed by atoms with Gasteiger partial charge in [-0.2, -0.15) is 0 Å². The molecule has 24 heavy (non-hydrogen) atoms. The van der Waals surface area contributed by atoms with Gasteiger partial charge in [-0.3, -0.25) is 4.79 Å². The second kappa shape index (κ2) is 8.40. The lowest BCUT2D eigenvalue weighted by molar-refractivity contribution is -0.126. The summed E-state index contributed by atoms with van der Waals surface area (Å²) in [5.74, 6) is 0.604. The smallest absolute Gasteiger partial charge is 0.246 e. The van der Waals surface area contributed by atoms with Crippen LogP contribution in [0.2, 0.25) is 0 Å². The lowest BCUT2D eigenvalue weighted by Gasteiger charge is -2.15. The Bertz CT molecular complexity index is 657. The minimum absolute atomic E-state index is 0.0406. The second-order valence-electron chi connectivity index (χ2n) is 5.80. The summed E-state index contributed by atoms with van der Waals surface area (Å²) in [6, 6.07) is 11.6. The number of hydrogen-bond acceptors (Lipinski definition) is 5. The number of carbonyl (C=O) groups is 1. The zero-order chi connectivity index (χ0) is 16.6. The Kier molecular flexibility index (Phi) is 5.74. The van der Waals surface area contributed by atoms with E-state index in [1.54, 1.807) is 6.20 Å². The molecule has 1 amide bonds. The number of aromatic nitrogens is 2. The fraction of sp³-hybridized carbons (Fsp3) is 0.389. The average molecular weight is 326 g/mol. The van der Waals surface area contributed by atoms with Gasteiger partial charge in [0.1, 0.15) is 6.61 Å². The minimum atomic E-state index is -0.146. The summed E-state index contributed by atoms with van der Waals surface area (Å²) in [7, 11) is 0. The highest BCUT2D eigenvalue weighted by Gasteiger charge is 2.15. The Labute approximate surface area is 141 Å². The van der Waals surface area contributed by atoms with E-state index in [9.17, 15) is 4.79 Å². The maximum absolute atomic E-state index is 11.9. The third-order valence-electron chi connectivity index (χ3n) is 3.90. The Balaban J connectivity index is 1.42. The number of amides is 1. The lowest BCUT2D eigenvalue weighted by Crippen LogP contribution is -2.28. The molecule has 2 heterocycles. The van der Waals surface area contributed by atoms with Gasteiger partial charge in [0, 0.05) is 19.3 Å². The molecule has 3 rings (SSSR count). The second-order valence-corrected chi connectivity index (χ2v) is 5.80. The van der Waals surface area contributed by atoms with Gasteiger partial charge in [-0.25, -0.2) is 9.97 Å². The molecule has 1 aliphatic rings. The first-order valence-electron chi connectivity index (χ1n) is 8.26. The van der Waals surface area contributed by atoms with E-state index in [2.05, 4.69) is 20.2 Å². The number of anilines is 1. The van der Waals surface area contributed by atoms with Crippen LogP contribution in [0.4, 0.5) is 5.95 Å². The Morgan fingerprint density at radius 3 is 2.75 bits per heavy atom. The monoisotopic (exact) mass is 326 g/mol. The zero-order valence-electron chi connectivity index (χ0n) is 13.6. The summed E-state index contributed by atoms with van der Waals surface area (Å²) in [5.41, 5.74) is 1.86. The van der Waals surface area contributed by atoms with Crippen molar-refractivity contribution in [3.63, 3.8) is 0 Å². The Morgan fingerprint density at radius 2 is 1.96 bits per heavy atom. The molecule has 0 atom stereocenters. The van der Waals surface area contributed by atoms with Gasteiger partial charge in [0.25, 0.3) is 0 Å². The van der Waals surface area contributed by atoms with Crippen molar-refractivity contribution >= 4 is 11.9 Å². The highest BCUT2D eigenvalue weighted by atomic mass is 16.5. The number of nitrogens with one attached hydrogen (secondary N) is 1. The first-order chi connectivity index (χ1) is 11.8. The minimum Gasteiger partial charge on any atom is -0.367 e. The predicted octanol–water partition coefficient (Wildman–Crippen LogP) is 1.91. The average Bonchev–Trinajstić information content (AvgIpc) is 3.16. The van der Waals surface area contributed by atoms with Crippen LogP contribution in [-0.4, -0.2) is 35.6 Å².